The molecule has 1 aliphatic carbocycles. The van der Waals surface area contributed by atoms with E-state index in [9.17, 15) is 19.5 Å². The predicted molar refractivity (Wildman–Crippen MR) is 124 cm³/mol. The molecule has 0 heterocycles. The van der Waals surface area contributed by atoms with E-state index in [-0.39, 0.29) is 23.5 Å². The van der Waals surface area contributed by atoms with Gasteiger partial charge in [0, 0.05) is 17.0 Å². The number of hydrogen-bond donors (Lipinski definition) is 2. The number of ether oxygens (including phenoxy) is 2. The molecule has 2 N–H and O–H groups in total. The van der Waals surface area contributed by atoms with Crippen LogP contribution >= 0.6 is 0 Å². The summed E-state index contributed by atoms with van der Waals surface area (Å²) in [5.74, 6) is -4.89. The van der Waals surface area contributed by atoms with E-state index < -0.39 is 52.9 Å². The van der Waals surface area contributed by atoms with Gasteiger partial charge < -0.3 is 19.9 Å². The molecule has 3 rings (SSSR count). The van der Waals surface area contributed by atoms with Gasteiger partial charge in [0.25, 0.3) is 5.91 Å². The summed E-state index contributed by atoms with van der Waals surface area (Å²) in [6.07, 6.45) is 0. The highest BCUT2D eigenvalue weighted by Crippen LogP contribution is 2.41. The van der Waals surface area contributed by atoms with E-state index in [0.717, 1.165) is 5.56 Å². The van der Waals surface area contributed by atoms with Crippen molar-refractivity contribution in [2.24, 2.45) is 0 Å². The van der Waals surface area contributed by atoms with E-state index >= 15 is 4.39 Å². The molecule has 0 spiro atoms. The van der Waals surface area contributed by atoms with Crippen LogP contribution in [0.4, 0.5) is 4.39 Å². The first-order chi connectivity index (χ1) is 15.9. The van der Waals surface area contributed by atoms with E-state index in [2.05, 4.69) is 5.32 Å². The number of Topliss-reactive ketones (excluding diaryl/α,β-unsaturated/α-hetero) is 1. The van der Waals surface area contributed by atoms with Crippen molar-refractivity contribution < 1.29 is 33.4 Å². The molecule has 0 aliphatic heterocycles. The van der Waals surface area contributed by atoms with E-state index in [1.807, 2.05) is 30.3 Å². The summed E-state index contributed by atoms with van der Waals surface area (Å²) in [7, 11) is 0. The Morgan fingerprint density at radius 3 is 2.44 bits per heavy atom. The molecule has 0 saturated heterocycles. The fourth-order valence-corrected chi connectivity index (χ4v) is 3.78. The second-order valence-corrected chi connectivity index (χ2v) is 9.15. The molecule has 0 fully saturated rings. The number of benzene rings is 2. The number of aliphatic hydroxyl groups excluding tert-OH is 1. The van der Waals surface area contributed by atoms with Gasteiger partial charge in [0.05, 0.1) is 0 Å². The normalized spacial score (nSPS) is 15.6. The molecular weight excluding hydrogens is 441 g/mol. The van der Waals surface area contributed by atoms with E-state index in [0.29, 0.717) is 5.56 Å². The number of carbonyl (C=O) groups is 3. The van der Waals surface area contributed by atoms with Crippen LogP contribution in [0.3, 0.4) is 0 Å². The third kappa shape index (κ3) is 5.27. The number of halogens is 1. The molecule has 0 radical (unpaired) electrons. The van der Waals surface area contributed by atoms with Gasteiger partial charge in [0.1, 0.15) is 30.1 Å². The van der Waals surface area contributed by atoms with Gasteiger partial charge in [0.2, 0.25) is 0 Å². The number of aryl methyl sites for hydroxylation is 1. The van der Waals surface area contributed by atoms with Gasteiger partial charge in [-0.25, -0.2) is 4.39 Å². The fraction of sp³-hybridized carbons (Fsp3) is 0.346. The molecule has 2 aromatic carbocycles. The third-order valence-corrected chi connectivity index (χ3v) is 5.29. The molecule has 2 aromatic rings. The molecule has 1 aliphatic rings. The Kier molecular flexibility index (Phi) is 7.09. The SMILES string of the molecule is Cc1cc(OCc2ccccc2)c(F)c2c1C(O)=C(C(=O)NCC(=O)OC(C)(C)C)C(=O)C2C. The lowest BCUT2D eigenvalue weighted by atomic mass is 9.79. The second-order valence-electron chi connectivity index (χ2n) is 9.15. The number of fused-ring (bicyclic) bond motifs is 1. The fourth-order valence-electron chi connectivity index (χ4n) is 3.78. The summed E-state index contributed by atoms with van der Waals surface area (Å²) in [5, 5.41) is 13.1. The molecule has 1 unspecified atom stereocenters. The van der Waals surface area contributed by atoms with Crippen molar-refractivity contribution in [3.05, 3.63) is 70.0 Å². The Labute approximate surface area is 197 Å². The van der Waals surface area contributed by atoms with Crippen molar-refractivity contribution in [2.75, 3.05) is 6.54 Å². The summed E-state index contributed by atoms with van der Waals surface area (Å²) in [5.41, 5.74) is 0.0471. The van der Waals surface area contributed by atoms with E-state index in [1.54, 1.807) is 27.7 Å². The van der Waals surface area contributed by atoms with Gasteiger partial charge >= 0.3 is 5.97 Å². The Morgan fingerprint density at radius 2 is 1.82 bits per heavy atom. The third-order valence-electron chi connectivity index (χ3n) is 5.29. The number of hydrogen-bond acceptors (Lipinski definition) is 6. The largest absolute Gasteiger partial charge is 0.506 e. The van der Waals surface area contributed by atoms with Crippen molar-refractivity contribution in [1.29, 1.82) is 0 Å². The number of nitrogens with one attached hydrogen (secondary N) is 1. The maximum absolute atomic E-state index is 15.4. The molecule has 34 heavy (non-hydrogen) atoms. The van der Waals surface area contributed by atoms with Crippen LogP contribution in [-0.2, 0) is 25.7 Å². The highest BCUT2D eigenvalue weighted by Gasteiger charge is 2.39. The van der Waals surface area contributed by atoms with E-state index in [1.165, 1.54) is 13.0 Å². The monoisotopic (exact) mass is 469 g/mol. The minimum absolute atomic E-state index is 0.0331. The van der Waals surface area contributed by atoms with Crippen LogP contribution in [0.5, 0.6) is 5.75 Å². The van der Waals surface area contributed by atoms with Crippen LogP contribution in [0.25, 0.3) is 5.76 Å². The van der Waals surface area contributed by atoms with Crippen molar-refractivity contribution in [3.8, 4) is 5.75 Å². The van der Waals surface area contributed by atoms with Gasteiger partial charge in [-0.05, 0) is 44.9 Å². The first-order valence-electron chi connectivity index (χ1n) is 10.9. The number of rotatable bonds is 6. The first-order valence-corrected chi connectivity index (χ1v) is 10.9. The zero-order valence-electron chi connectivity index (χ0n) is 19.8. The van der Waals surface area contributed by atoms with Gasteiger partial charge in [-0.15, -0.1) is 0 Å². The first kappa shape index (κ1) is 25.0. The zero-order valence-corrected chi connectivity index (χ0v) is 19.8. The molecule has 7 nitrogen and oxygen atoms in total. The number of esters is 1. The lowest BCUT2D eigenvalue weighted by molar-refractivity contribution is -0.154. The van der Waals surface area contributed by atoms with Crippen LogP contribution in [0.1, 0.15) is 55.9 Å². The Balaban J connectivity index is 1.90. The predicted octanol–water partition coefficient (Wildman–Crippen LogP) is 4.13. The molecule has 1 atom stereocenters. The molecule has 0 aromatic heterocycles. The Morgan fingerprint density at radius 1 is 1.18 bits per heavy atom. The van der Waals surface area contributed by atoms with Crippen molar-refractivity contribution in [1.82, 2.24) is 5.32 Å². The molecule has 1 amide bonds. The van der Waals surface area contributed by atoms with Gasteiger partial charge in [-0.3, -0.25) is 14.4 Å². The van der Waals surface area contributed by atoms with Crippen LogP contribution in [-0.4, -0.2) is 34.9 Å². The quantitative estimate of drug-likeness (QED) is 0.487. The van der Waals surface area contributed by atoms with Crippen molar-refractivity contribution >= 4 is 23.4 Å². The second kappa shape index (κ2) is 9.67. The molecular formula is C26H28FNO6. The maximum atomic E-state index is 15.4. The van der Waals surface area contributed by atoms with Gasteiger partial charge in [0.15, 0.2) is 17.3 Å². The van der Waals surface area contributed by atoms with E-state index in [4.69, 9.17) is 9.47 Å². The Bertz CT molecular complexity index is 1160. The van der Waals surface area contributed by atoms with Gasteiger partial charge in [-0.2, -0.15) is 0 Å². The molecule has 8 heteroatoms. The molecule has 180 valence electrons. The average molecular weight is 470 g/mol. The highest BCUT2D eigenvalue weighted by molar-refractivity contribution is 6.27. The minimum Gasteiger partial charge on any atom is -0.506 e. The lowest BCUT2D eigenvalue weighted by Gasteiger charge is -2.26. The summed E-state index contributed by atoms with van der Waals surface area (Å²) in [6, 6.07) is 10.6. The lowest BCUT2D eigenvalue weighted by Crippen LogP contribution is -2.38. The van der Waals surface area contributed by atoms with Crippen molar-refractivity contribution in [2.45, 2.75) is 52.7 Å². The molecule has 0 bridgehead atoms. The van der Waals surface area contributed by atoms with Crippen LogP contribution in [0.2, 0.25) is 0 Å². The summed E-state index contributed by atoms with van der Waals surface area (Å²) >= 11 is 0. The summed E-state index contributed by atoms with van der Waals surface area (Å²) in [6.45, 7) is 7.76. The number of ketones is 1. The topological polar surface area (TPSA) is 102 Å². The van der Waals surface area contributed by atoms with Crippen LogP contribution in [0.15, 0.2) is 42.0 Å². The number of carbonyl (C=O) groups excluding carboxylic acids is 3. The van der Waals surface area contributed by atoms with Gasteiger partial charge in [-0.1, -0.05) is 37.3 Å². The summed E-state index contributed by atoms with van der Waals surface area (Å²) in [4.78, 5) is 37.6. The van der Waals surface area contributed by atoms with Crippen LogP contribution < -0.4 is 10.1 Å². The number of amides is 1. The van der Waals surface area contributed by atoms with Crippen LogP contribution in [0, 0.1) is 12.7 Å². The van der Waals surface area contributed by atoms with Crippen molar-refractivity contribution in [3.63, 3.8) is 0 Å². The Hall–Kier alpha value is -3.68. The molecule has 0 saturated carbocycles. The number of aliphatic hydroxyl groups is 1. The maximum Gasteiger partial charge on any atom is 0.325 e. The smallest absolute Gasteiger partial charge is 0.325 e. The average Bonchev–Trinajstić information content (AvgIpc) is 2.76. The zero-order chi connectivity index (χ0) is 25.2. The summed E-state index contributed by atoms with van der Waals surface area (Å²) < 4.78 is 26.2. The highest BCUT2D eigenvalue weighted by atomic mass is 19.1. The standard InChI is InChI=1S/C26H28FNO6/c1-14-11-17(33-13-16-9-7-6-8-10-16)22(27)20-15(2)23(30)21(24(31)19(14)20)25(32)28-12-18(29)34-26(3,4)5/h6-11,15,31H,12-13H2,1-5H3,(H,28,32). The minimum atomic E-state index is -1.05.